The fourth-order valence-electron chi connectivity index (χ4n) is 1.96. The molecule has 0 aliphatic heterocycles. The van der Waals surface area contributed by atoms with E-state index in [1.165, 1.54) is 57.8 Å². The number of rotatable bonds is 10. The van der Waals surface area contributed by atoms with Gasteiger partial charge in [0.1, 0.15) is 0 Å². The number of nitrogens with zero attached hydrogens (tertiary/aromatic N) is 1. The minimum atomic E-state index is 0.638. The molecular weight excluding hydrogens is 210 g/mol. The highest BCUT2D eigenvalue weighted by molar-refractivity contribution is 5.77. The van der Waals surface area contributed by atoms with E-state index < -0.39 is 0 Å². The number of guanidine groups is 1. The van der Waals surface area contributed by atoms with Crippen molar-refractivity contribution in [3.05, 3.63) is 0 Å². The maximum absolute atomic E-state index is 5.78. The molecule has 100 valence electrons. The molecule has 0 aromatic rings. The molecular formula is C14H29N3. The van der Waals surface area contributed by atoms with Gasteiger partial charge in [-0.25, -0.2) is 0 Å². The second-order valence-corrected chi connectivity index (χ2v) is 5.19. The minimum absolute atomic E-state index is 0.638. The molecule has 0 amide bonds. The maximum atomic E-state index is 5.78. The Bertz CT molecular complexity index is 210. The van der Waals surface area contributed by atoms with Crippen molar-refractivity contribution in [2.24, 2.45) is 16.6 Å². The topological polar surface area (TPSA) is 50.4 Å². The van der Waals surface area contributed by atoms with Gasteiger partial charge in [-0.1, -0.05) is 51.9 Å². The van der Waals surface area contributed by atoms with E-state index in [1.807, 2.05) is 0 Å². The first-order chi connectivity index (χ1) is 8.33. The maximum Gasteiger partial charge on any atom is 0.188 e. The molecule has 0 radical (unpaired) electrons. The molecule has 3 nitrogen and oxygen atoms in total. The van der Waals surface area contributed by atoms with Gasteiger partial charge >= 0.3 is 0 Å². The third-order valence-electron chi connectivity index (χ3n) is 3.35. The van der Waals surface area contributed by atoms with Crippen molar-refractivity contribution in [1.82, 2.24) is 5.32 Å². The van der Waals surface area contributed by atoms with Crippen LogP contribution in [-0.2, 0) is 0 Å². The summed E-state index contributed by atoms with van der Waals surface area (Å²) in [4.78, 5) is 4.34. The predicted molar refractivity (Wildman–Crippen MR) is 75.2 cm³/mol. The molecule has 1 saturated carbocycles. The van der Waals surface area contributed by atoms with Crippen molar-refractivity contribution in [2.75, 3.05) is 13.1 Å². The molecule has 1 fully saturated rings. The molecule has 1 rings (SSSR count). The fourth-order valence-corrected chi connectivity index (χ4v) is 1.96. The van der Waals surface area contributed by atoms with Gasteiger partial charge in [-0.15, -0.1) is 0 Å². The highest BCUT2D eigenvalue weighted by atomic mass is 15.1. The standard InChI is InChI=1S/C14H29N3/c1-2-3-4-5-6-7-11-16-14(15)17-12-10-13-8-9-13/h13H,2-12H2,1H3,(H3,15,16,17). The van der Waals surface area contributed by atoms with E-state index >= 15 is 0 Å². The van der Waals surface area contributed by atoms with Crippen LogP contribution in [0, 0.1) is 5.92 Å². The lowest BCUT2D eigenvalue weighted by Crippen LogP contribution is -2.32. The number of nitrogens with one attached hydrogen (secondary N) is 1. The smallest absolute Gasteiger partial charge is 0.188 e. The number of hydrogen-bond donors (Lipinski definition) is 2. The van der Waals surface area contributed by atoms with Crippen LogP contribution in [0.3, 0.4) is 0 Å². The summed E-state index contributed by atoms with van der Waals surface area (Å²) in [6.45, 7) is 4.13. The van der Waals surface area contributed by atoms with Gasteiger partial charge < -0.3 is 11.1 Å². The summed E-state index contributed by atoms with van der Waals surface area (Å²) in [5.74, 6) is 1.60. The Morgan fingerprint density at radius 3 is 2.59 bits per heavy atom. The van der Waals surface area contributed by atoms with Crippen molar-refractivity contribution >= 4 is 5.96 Å². The van der Waals surface area contributed by atoms with Gasteiger partial charge in [-0.05, 0) is 18.8 Å². The van der Waals surface area contributed by atoms with Crippen molar-refractivity contribution in [3.8, 4) is 0 Å². The molecule has 0 heterocycles. The van der Waals surface area contributed by atoms with Crippen LogP contribution >= 0.6 is 0 Å². The van der Waals surface area contributed by atoms with Crippen LogP contribution in [0.2, 0.25) is 0 Å². The van der Waals surface area contributed by atoms with Crippen molar-refractivity contribution in [1.29, 1.82) is 0 Å². The summed E-state index contributed by atoms with van der Waals surface area (Å²) in [6, 6.07) is 0. The molecule has 3 heteroatoms. The van der Waals surface area contributed by atoms with E-state index in [9.17, 15) is 0 Å². The lowest BCUT2D eigenvalue weighted by molar-refractivity contribution is 0.611. The molecule has 0 aromatic carbocycles. The zero-order valence-corrected chi connectivity index (χ0v) is 11.4. The minimum Gasteiger partial charge on any atom is -0.370 e. The summed E-state index contributed by atoms with van der Waals surface area (Å²) in [7, 11) is 0. The quantitative estimate of drug-likeness (QED) is 0.350. The van der Waals surface area contributed by atoms with E-state index in [4.69, 9.17) is 5.73 Å². The van der Waals surface area contributed by atoms with E-state index in [2.05, 4.69) is 17.2 Å². The van der Waals surface area contributed by atoms with Gasteiger partial charge in [0, 0.05) is 13.1 Å². The van der Waals surface area contributed by atoms with Crippen LogP contribution in [0.1, 0.15) is 64.7 Å². The molecule has 0 atom stereocenters. The van der Waals surface area contributed by atoms with Crippen LogP contribution in [0.4, 0.5) is 0 Å². The zero-order chi connectivity index (χ0) is 12.3. The van der Waals surface area contributed by atoms with Gasteiger partial charge in [0.25, 0.3) is 0 Å². The molecule has 0 spiro atoms. The van der Waals surface area contributed by atoms with E-state index in [0.717, 1.165) is 19.0 Å². The lowest BCUT2D eigenvalue weighted by atomic mass is 10.1. The highest BCUT2D eigenvalue weighted by Crippen LogP contribution is 2.31. The van der Waals surface area contributed by atoms with Crippen LogP contribution < -0.4 is 11.1 Å². The fraction of sp³-hybridized carbons (Fsp3) is 0.929. The zero-order valence-electron chi connectivity index (χ0n) is 11.4. The molecule has 0 bridgehead atoms. The Balaban J connectivity index is 1.84. The summed E-state index contributed by atoms with van der Waals surface area (Å²) in [6.07, 6.45) is 12.0. The summed E-state index contributed by atoms with van der Waals surface area (Å²) >= 11 is 0. The normalized spacial score (nSPS) is 16.2. The Hall–Kier alpha value is -0.730. The van der Waals surface area contributed by atoms with Crippen molar-refractivity contribution in [2.45, 2.75) is 64.7 Å². The number of unbranched alkanes of at least 4 members (excludes halogenated alkanes) is 5. The molecule has 17 heavy (non-hydrogen) atoms. The summed E-state index contributed by atoms with van der Waals surface area (Å²) in [5, 5.41) is 3.19. The monoisotopic (exact) mass is 239 g/mol. The third-order valence-corrected chi connectivity index (χ3v) is 3.35. The number of hydrogen-bond acceptors (Lipinski definition) is 1. The predicted octanol–water partition coefficient (Wildman–Crippen LogP) is 3.05. The lowest BCUT2D eigenvalue weighted by Gasteiger charge is -2.04. The molecule has 3 N–H and O–H groups in total. The van der Waals surface area contributed by atoms with E-state index in [0.29, 0.717) is 5.96 Å². The van der Waals surface area contributed by atoms with E-state index in [1.54, 1.807) is 0 Å². The van der Waals surface area contributed by atoms with Gasteiger partial charge in [0.15, 0.2) is 5.96 Å². The highest BCUT2D eigenvalue weighted by Gasteiger charge is 2.20. The van der Waals surface area contributed by atoms with Gasteiger partial charge in [0.05, 0.1) is 0 Å². The summed E-state index contributed by atoms with van der Waals surface area (Å²) in [5.41, 5.74) is 5.78. The van der Waals surface area contributed by atoms with Gasteiger partial charge in [-0.2, -0.15) is 0 Å². The Kier molecular flexibility index (Phi) is 7.85. The van der Waals surface area contributed by atoms with Crippen molar-refractivity contribution < 1.29 is 0 Å². The second kappa shape index (κ2) is 9.32. The Morgan fingerprint density at radius 1 is 1.18 bits per heavy atom. The SMILES string of the molecule is CCCCCCCCN=C(N)NCCC1CC1. The van der Waals surface area contributed by atoms with Gasteiger partial charge in [0.2, 0.25) is 0 Å². The first kappa shape index (κ1) is 14.3. The summed E-state index contributed by atoms with van der Waals surface area (Å²) < 4.78 is 0. The average molecular weight is 239 g/mol. The second-order valence-electron chi connectivity index (χ2n) is 5.19. The van der Waals surface area contributed by atoms with Crippen molar-refractivity contribution in [3.63, 3.8) is 0 Å². The Morgan fingerprint density at radius 2 is 1.88 bits per heavy atom. The molecule has 0 aromatic heterocycles. The largest absolute Gasteiger partial charge is 0.370 e. The first-order valence-corrected chi connectivity index (χ1v) is 7.36. The van der Waals surface area contributed by atoms with Crippen LogP contribution in [0.25, 0.3) is 0 Å². The van der Waals surface area contributed by atoms with E-state index in [-0.39, 0.29) is 0 Å². The van der Waals surface area contributed by atoms with Crippen LogP contribution in [0.15, 0.2) is 4.99 Å². The molecule has 0 unspecified atom stereocenters. The molecule has 1 aliphatic rings. The number of nitrogens with two attached hydrogens (primary N) is 1. The average Bonchev–Trinajstić information content (AvgIpc) is 3.12. The number of aliphatic imine (C=N–C) groups is 1. The molecule has 0 saturated heterocycles. The third kappa shape index (κ3) is 9.02. The first-order valence-electron chi connectivity index (χ1n) is 7.36. The molecule has 1 aliphatic carbocycles. The van der Waals surface area contributed by atoms with Gasteiger partial charge in [-0.3, -0.25) is 4.99 Å². The van der Waals surface area contributed by atoms with Crippen LogP contribution in [0.5, 0.6) is 0 Å². The Labute approximate surface area is 106 Å². The van der Waals surface area contributed by atoms with Crippen LogP contribution in [-0.4, -0.2) is 19.0 Å².